The maximum atomic E-state index is 4.57. The van der Waals surface area contributed by atoms with Crippen LogP contribution in [-0.2, 0) is 0 Å². The van der Waals surface area contributed by atoms with Crippen LogP contribution in [0.4, 0.5) is 11.6 Å². The second-order valence-electron chi connectivity index (χ2n) is 4.98. The molecule has 0 aliphatic heterocycles. The van der Waals surface area contributed by atoms with Crippen molar-refractivity contribution in [2.45, 2.75) is 33.6 Å². The Labute approximate surface area is 126 Å². The minimum absolute atomic E-state index is 0.651. The number of pyridine rings is 1. The van der Waals surface area contributed by atoms with Gasteiger partial charge >= 0.3 is 0 Å². The first-order valence-corrected chi connectivity index (χ1v) is 7.53. The quantitative estimate of drug-likeness (QED) is 0.815. The molecule has 0 saturated carbocycles. The lowest BCUT2D eigenvalue weighted by Gasteiger charge is -2.10. The summed E-state index contributed by atoms with van der Waals surface area (Å²) in [6, 6.07) is 7.84. The Balaban J connectivity index is 2.33. The van der Waals surface area contributed by atoms with Gasteiger partial charge in [0.05, 0.1) is 0 Å². The standard InChI is InChI=1S/C16H23N5/c1-4-9-17-14-11-15(18-10-5-2)21-16(20-14)13-8-6-7-12(3)19-13/h6-8,11H,4-5,9-10H2,1-3H3,(H2,17,18,20,21). The van der Waals surface area contributed by atoms with Crippen molar-refractivity contribution in [2.75, 3.05) is 23.7 Å². The van der Waals surface area contributed by atoms with Crippen molar-refractivity contribution >= 4 is 11.6 Å². The van der Waals surface area contributed by atoms with Crippen molar-refractivity contribution in [2.24, 2.45) is 0 Å². The van der Waals surface area contributed by atoms with Crippen molar-refractivity contribution in [3.8, 4) is 11.5 Å². The van der Waals surface area contributed by atoms with Crippen LogP contribution >= 0.6 is 0 Å². The number of hydrogen-bond acceptors (Lipinski definition) is 5. The van der Waals surface area contributed by atoms with E-state index in [1.165, 1.54) is 0 Å². The van der Waals surface area contributed by atoms with Crippen LogP contribution in [0.1, 0.15) is 32.4 Å². The summed E-state index contributed by atoms with van der Waals surface area (Å²) in [5.74, 6) is 2.32. The highest BCUT2D eigenvalue weighted by atomic mass is 15.1. The number of nitrogens with zero attached hydrogens (tertiary/aromatic N) is 3. The zero-order valence-corrected chi connectivity index (χ0v) is 13.0. The molecule has 5 nitrogen and oxygen atoms in total. The van der Waals surface area contributed by atoms with E-state index in [1.54, 1.807) is 0 Å². The zero-order chi connectivity index (χ0) is 15.1. The van der Waals surface area contributed by atoms with Gasteiger partial charge in [-0.15, -0.1) is 0 Å². The van der Waals surface area contributed by atoms with Crippen LogP contribution < -0.4 is 10.6 Å². The second kappa shape index (κ2) is 7.57. The molecule has 2 aromatic rings. The highest BCUT2D eigenvalue weighted by Gasteiger charge is 2.08. The summed E-state index contributed by atoms with van der Waals surface area (Å²) in [6.07, 6.45) is 2.11. The smallest absolute Gasteiger partial charge is 0.182 e. The predicted octanol–water partition coefficient (Wildman–Crippen LogP) is 3.49. The first-order chi connectivity index (χ1) is 10.2. The Morgan fingerprint density at radius 2 is 1.52 bits per heavy atom. The zero-order valence-electron chi connectivity index (χ0n) is 13.0. The third-order valence-corrected chi connectivity index (χ3v) is 2.96. The molecule has 2 heterocycles. The fourth-order valence-corrected chi connectivity index (χ4v) is 1.92. The summed E-state index contributed by atoms with van der Waals surface area (Å²) in [7, 11) is 0. The normalized spacial score (nSPS) is 10.4. The van der Waals surface area contributed by atoms with E-state index >= 15 is 0 Å². The van der Waals surface area contributed by atoms with E-state index in [0.29, 0.717) is 5.82 Å². The molecule has 112 valence electrons. The fraction of sp³-hybridized carbons (Fsp3) is 0.438. The molecule has 0 aromatic carbocycles. The van der Waals surface area contributed by atoms with Crippen LogP contribution in [0, 0.1) is 6.92 Å². The van der Waals surface area contributed by atoms with E-state index in [-0.39, 0.29) is 0 Å². The lowest BCUT2D eigenvalue weighted by molar-refractivity contribution is 0.951. The molecular formula is C16H23N5. The van der Waals surface area contributed by atoms with Crippen LogP contribution in [0.25, 0.3) is 11.5 Å². The number of aromatic nitrogens is 3. The maximum absolute atomic E-state index is 4.57. The molecule has 0 saturated heterocycles. The number of rotatable bonds is 7. The fourth-order valence-electron chi connectivity index (χ4n) is 1.92. The van der Waals surface area contributed by atoms with Gasteiger partial charge in [-0.25, -0.2) is 15.0 Å². The monoisotopic (exact) mass is 285 g/mol. The van der Waals surface area contributed by atoms with Gasteiger partial charge in [0.25, 0.3) is 0 Å². The molecule has 2 N–H and O–H groups in total. The van der Waals surface area contributed by atoms with E-state index in [0.717, 1.165) is 49.0 Å². The molecule has 0 bridgehead atoms. The van der Waals surface area contributed by atoms with Gasteiger partial charge in [0.15, 0.2) is 5.82 Å². The predicted molar refractivity (Wildman–Crippen MR) is 87.6 cm³/mol. The van der Waals surface area contributed by atoms with E-state index in [9.17, 15) is 0 Å². The lowest BCUT2D eigenvalue weighted by atomic mass is 10.3. The van der Waals surface area contributed by atoms with Crippen LogP contribution in [0.2, 0.25) is 0 Å². The summed E-state index contributed by atoms with van der Waals surface area (Å²) < 4.78 is 0. The van der Waals surface area contributed by atoms with E-state index in [1.807, 2.05) is 31.2 Å². The average Bonchev–Trinajstić information content (AvgIpc) is 2.50. The van der Waals surface area contributed by atoms with Crippen molar-refractivity contribution in [3.05, 3.63) is 30.0 Å². The van der Waals surface area contributed by atoms with E-state index < -0.39 is 0 Å². The third-order valence-electron chi connectivity index (χ3n) is 2.96. The summed E-state index contributed by atoms with van der Waals surface area (Å²) >= 11 is 0. The molecule has 0 atom stereocenters. The van der Waals surface area contributed by atoms with Gasteiger partial charge in [0.1, 0.15) is 17.3 Å². The van der Waals surface area contributed by atoms with Crippen molar-refractivity contribution in [1.82, 2.24) is 15.0 Å². The van der Waals surface area contributed by atoms with Crippen molar-refractivity contribution in [1.29, 1.82) is 0 Å². The molecule has 2 aromatic heterocycles. The molecule has 21 heavy (non-hydrogen) atoms. The molecule has 0 radical (unpaired) electrons. The molecule has 0 spiro atoms. The molecule has 0 amide bonds. The number of hydrogen-bond donors (Lipinski definition) is 2. The minimum Gasteiger partial charge on any atom is -0.370 e. The topological polar surface area (TPSA) is 62.7 Å². The summed E-state index contributed by atoms with van der Waals surface area (Å²) in [6.45, 7) is 8.02. The number of aryl methyl sites for hydroxylation is 1. The van der Waals surface area contributed by atoms with Gasteiger partial charge in [0, 0.05) is 24.8 Å². The lowest BCUT2D eigenvalue weighted by Crippen LogP contribution is -2.08. The van der Waals surface area contributed by atoms with Gasteiger partial charge < -0.3 is 10.6 Å². The van der Waals surface area contributed by atoms with Gasteiger partial charge in [-0.05, 0) is 31.9 Å². The van der Waals surface area contributed by atoms with E-state index in [4.69, 9.17) is 0 Å². The first-order valence-electron chi connectivity index (χ1n) is 7.53. The highest BCUT2D eigenvalue weighted by Crippen LogP contribution is 2.19. The molecular weight excluding hydrogens is 262 g/mol. The SMILES string of the molecule is CCCNc1cc(NCCC)nc(-c2cccc(C)n2)n1. The second-order valence-corrected chi connectivity index (χ2v) is 4.98. The first kappa shape index (κ1) is 15.2. The number of anilines is 2. The van der Waals surface area contributed by atoms with Crippen molar-refractivity contribution < 1.29 is 0 Å². The molecule has 0 unspecified atom stereocenters. The van der Waals surface area contributed by atoms with E-state index in [2.05, 4.69) is 39.4 Å². The Morgan fingerprint density at radius 3 is 2.05 bits per heavy atom. The summed E-state index contributed by atoms with van der Waals surface area (Å²) in [5, 5.41) is 6.63. The molecule has 0 aliphatic carbocycles. The Morgan fingerprint density at radius 1 is 0.905 bits per heavy atom. The highest BCUT2D eigenvalue weighted by molar-refractivity contribution is 5.58. The molecule has 0 fully saturated rings. The third kappa shape index (κ3) is 4.41. The van der Waals surface area contributed by atoms with Crippen LogP contribution in [0.5, 0.6) is 0 Å². The van der Waals surface area contributed by atoms with Gasteiger partial charge in [0.2, 0.25) is 0 Å². The minimum atomic E-state index is 0.651. The number of nitrogens with one attached hydrogen (secondary N) is 2. The van der Waals surface area contributed by atoms with Crippen LogP contribution in [-0.4, -0.2) is 28.0 Å². The van der Waals surface area contributed by atoms with Gasteiger partial charge in [-0.1, -0.05) is 19.9 Å². The molecule has 2 rings (SSSR count). The Hall–Kier alpha value is -2.17. The van der Waals surface area contributed by atoms with Crippen molar-refractivity contribution in [3.63, 3.8) is 0 Å². The average molecular weight is 285 g/mol. The Bertz CT molecular complexity index is 556. The Kier molecular flexibility index (Phi) is 5.49. The maximum Gasteiger partial charge on any atom is 0.182 e. The van der Waals surface area contributed by atoms with Crippen LogP contribution in [0.15, 0.2) is 24.3 Å². The van der Waals surface area contributed by atoms with Gasteiger partial charge in [-0.2, -0.15) is 0 Å². The molecule has 0 aliphatic rings. The van der Waals surface area contributed by atoms with Crippen LogP contribution in [0.3, 0.4) is 0 Å². The van der Waals surface area contributed by atoms with Gasteiger partial charge in [-0.3, -0.25) is 0 Å². The molecule has 5 heteroatoms. The largest absolute Gasteiger partial charge is 0.370 e. The summed E-state index contributed by atoms with van der Waals surface area (Å²) in [4.78, 5) is 13.6. The summed E-state index contributed by atoms with van der Waals surface area (Å²) in [5.41, 5.74) is 1.76.